The zero-order valence-electron chi connectivity index (χ0n) is 21.2. The molecule has 7 heteroatoms. The topological polar surface area (TPSA) is 74.7 Å². The van der Waals surface area contributed by atoms with Crippen molar-refractivity contribution >= 4 is 29.3 Å². The second-order valence-corrected chi connectivity index (χ2v) is 10.2. The number of halogens is 1. The van der Waals surface area contributed by atoms with E-state index >= 15 is 0 Å². The molecule has 1 saturated carbocycles. The van der Waals surface area contributed by atoms with Gasteiger partial charge < -0.3 is 20.1 Å². The van der Waals surface area contributed by atoms with Crippen molar-refractivity contribution < 1.29 is 14.6 Å². The molecule has 2 aromatic rings. The summed E-state index contributed by atoms with van der Waals surface area (Å²) >= 11 is 6.05. The molecular formula is C29H36ClN3O3. The molecule has 1 aliphatic carbocycles. The minimum absolute atomic E-state index is 0.0431. The zero-order valence-corrected chi connectivity index (χ0v) is 21.9. The number of benzene rings is 1. The lowest BCUT2D eigenvalue weighted by Crippen LogP contribution is -2.40. The summed E-state index contributed by atoms with van der Waals surface area (Å²) in [7, 11) is 0. The number of rotatable bonds is 9. The van der Waals surface area contributed by atoms with Crippen molar-refractivity contribution in [3.63, 3.8) is 0 Å². The third-order valence-electron chi connectivity index (χ3n) is 6.80. The third kappa shape index (κ3) is 7.11. The average Bonchev–Trinajstić information content (AvgIpc) is 2.82. The number of ether oxygens (including phenoxy) is 1. The molecule has 1 atom stereocenters. The molecule has 0 radical (unpaired) electrons. The number of aromatic nitrogens is 1. The van der Waals surface area contributed by atoms with E-state index < -0.39 is 6.10 Å². The molecule has 1 amide bonds. The summed E-state index contributed by atoms with van der Waals surface area (Å²) in [4.78, 5) is 18.4. The number of carbonyl (C=O) groups is 1. The van der Waals surface area contributed by atoms with Gasteiger partial charge in [-0.05, 0) is 55.9 Å². The van der Waals surface area contributed by atoms with Gasteiger partial charge in [-0.3, -0.25) is 9.78 Å². The van der Waals surface area contributed by atoms with Crippen LogP contribution in [0.1, 0.15) is 69.2 Å². The van der Waals surface area contributed by atoms with E-state index in [1.54, 1.807) is 13.8 Å². The van der Waals surface area contributed by atoms with Crippen molar-refractivity contribution in [1.82, 2.24) is 15.2 Å². The number of allylic oxidation sites excluding steroid dienone is 1. The van der Waals surface area contributed by atoms with E-state index in [4.69, 9.17) is 21.3 Å². The number of aliphatic hydroxyl groups excluding tert-OH is 1. The summed E-state index contributed by atoms with van der Waals surface area (Å²) in [5.74, 6) is 0.902. The molecule has 2 heterocycles. The Balaban J connectivity index is 1.56. The maximum atomic E-state index is 11.7. The zero-order chi connectivity index (χ0) is 25.5. The first kappa shape index (κ1) is 26.2. The van der Waals surface area contributed by atoms with Crippen LogP contribution in [-0.4, -0.2) is 46.2 Å². The van der Waals surface area contributed by atoms with Gasteiger partial charge in [-0.1, -0.05) is 35.9 Å². The number of piperidine rings is 1. The molecule has 1 aromatic heterocycles. The first-order chi connectivity index (χ1) is 17.4. The van der Waals surface area contributed by atoms with Crippen LogP contribution in [0.2, 0.25) is 5.02 Å². The largest absolute Gasteiger partial charge is 0.490 e. The monoisotopic (exact) mass is 509 g/mol. The summed E-state index contributed by atoms with van der Waals surface area (Å²) in [6, 6.07) is 9.91. The van der Waals surface area contributed by atoms with Gasteiger partial charge in [-0.15, -0.1) is 0 Å². The van der Waals surface area contributed by atoms with E-state index in [2.05, 4.69) is 5.32 Å². The quantitative estimate of drug-likeness (QED) is 0.460. The van der Waals surface area contributed by atoms with E-state index in [0.717, 1.165) is 59.0 Å². The molecule has 2 fully saturated rings. The van der Waals surface area contributed by atoms with Gasteiger partial charge in [0, 0.05) is 62.2 Å². The minimum atomic E-state index is -0.402. The van der Waals surface area contributed by atoms with Gasteiger partial charge in [0.25, 0.3) is 0 Å². The Kier molecular flexibility index (Phi) is 9.05. The minimum Gasteiger partial charge on any atom is -0.490 e. The number of likely N-dealkylation sites (tertiary alicyclic amines) is 1. The highest BCUT2D eigenvalue weighted by molar-refractivity contribution is 6.30. The maximum Gasteiger partial charge on any atom is 0.219 e. The molecule has 0 spiro atoms. The van der Waals surface area contributed by atoms with Crippen LogP contribution in [0, 0.1) is 0 Å². The molecule has 4 rings (SSSR count). The number of carbonyl (C=O) groups excluding carboxylic acids is 1. The molecule has 2 aliphatic rings. The van der Waals surface area contributed by atoms with Crippen LogP contribution in [0.25, 0.3) is 11.8 Å². The van der Waals surface area contributed by atoms with Crippen molar-refractivity contribution in [3.8, 4) is 5.75 Å². The van der Waals surface area contributed by atoms with Gasteiger partial charge in [0.2, 0.25) is 5.91 Å². The van der Waals surface area contributed by atoms with E-state index in [0.29, 0.717) is 26.1 Å². The van der Waals surface area contributed by atoms with Crippen LogP contribution >= 0.6 is 11.6 Å². The Bertz CT molecular complexity index is 1100. The summed E-state index contributed by atoms with van der Waals surface area (Å²) in [5, 5.41) is 14.0. The van der Waals surface area contributed by atoms with Gasteiger partial charge in [0.15, 0.2) is 0 Å². The fourth-order valence-corrected chi connectivity index (χ4v) is 4.59. The van der Waals surface area contributed by atoms with Crippen molar-refractivity contribution in [3.05, 3.63) is 70.0 Å². The molecule has 1 aromatic carbocycles. The number of hydrogen-bond acceptors (Lipinski definition) is 5. The molecule has 6 nitrogen and oxygen atoms in total. The maximum absolute atomic E-state index is 11.7. The highest BCUT2D eigenvalue weighted by atomic mass is 35.5. The lowest BCUT2D eigenvalue weighted by Gasteiger charge is -2.32. The lowest BCUT2D eigenvalue weighted by molar-refractivity contribution is -0.130. The molecule has 36 heavy (non-hydrogen) atoms. The number of amides is 1. The lowest BCUT2D eigenvalue weighted by atomic mass is 9.89. The Morgan fingerprint density at radius 3 is 2.61 bits per heavy atom. The van der Waals surface area contributed by atoms with Gasteiger partial charge >= 0.3 is 0 Å². The van der Waals surface area contributed by atoms with Crippen LogP contribution in [0.15, 0.2) is 48.2 Å². The van der Waals surface area contributed by atoms with Crippen LogP contribution in [0.5, 0.6) is 5.75 Å². The van der Waals surface area contributed by atoms with E-state index in [1.807, 2.05) is 53.6 Å². The van der Waals surface area contributed by atoms with E-state index in [1.165, 1.54) is 12.0 Å². The number of nitrogens with one attached hydrogen (secondary N) is 1. The molecule has 192 valence electrons. The van der Waals surface area contributed by atoms with Crippen molar-refractivity contribution in [2.45, 2.75) is 71.1 Å². The summed E-state index contributed by atoms with van der Waals surface area (Å²) in [5.41, 5.74) is 5.39. The Morgan fingerprint density at radius 2 is 2.00 bits per heavy atom. The van der Waals surface area contributed by atoms with Crippen LogP contribution < -0.4 is 10.1 Å². The molecule has 1 unspecified atom stereocenters. The predicted octanol–water partition coefficient (Wildman–Crippen LogP) is 5.59. The third-order valence-corrected chi connectivity index (χ3v) is 7.05. The smallest absolute Gasteiger partial charge is 0.219 e. The van der Waals surface area contributed by atoms with E-state index in [-0.39, 0.29) is 12.0 Å². The Morgan fingerprint density at radius 1 is 1.28 bits per heavy atom. The molecular weight excluding hydrogens is 474 g/mol. The summed E-state index contributed by atoms with van der Waals surface area (Å²) in [6.45, 7) is 5.50. The first-order valence-corrected chi connectivity index (χ1v) is 13.2. The van der Waals surface area contributed by atoms with Crippen molar-refractivity contribution in [2.24, 2.45) is 0 Å². The number of hydrogen-bond donors (Lipinski definition) is 2. The van der Waals surface area contributed by atoms with Gasteiger partial charge in [0.05, 0.1) is 17.5 Å². The second-order valence-electron chi connectivity index (χ2n) is 9.73. The van der Waals surface area contributed by atoms with Gasteiger partial charge in [-0.25, -0.2) is 0 Å². The van der Waals surface area contributed by atoms with E-state index in [9.17, 15) is 9.90 Å². The number of pyridine rings is 1. The highest BCUT2D eigenvalue weighted by Crippen LogP contribution is 2.34. The van der Waals surface area contributed by atoms with Gasteiger partial charge in [-0.2, -0.15) is 0 Å². The normalized spacial score (nSPS) is 17.1. The number of aliphatic hydroxyl groups is 1. The van der Waals surface area contributed by atoms with Gasteiger partial charge in [0.1, 0.15) is 11.9 Å². The van der Waals surface area contributed by atoms with Crippen LogP contribution in [0.4, 0.5) is 0 Å². The predicted molar refractivity (Wildman–Crippen MR) is 145 cm³/mol. The first-order valence-electron chi connectivity index (χ1n) is 12.9. The molecule has 0 bridgehead atoms. The fraction of sp³-hybridized carbons (Fsp3) is 0.448. The molecule has 2 N–H and O–H groups in total. The molecule has 1 aliphatic heterocycles. The fourth-order valence-electron chi connectivity index (χ4n) is 4.46. The Hall–Kier alpha value is -2.83. The standard InChI is InChI=1S/C29H36ClN3O3/c1-20(34)5-3-8-24-19-31-27(17-28(24)36-26-13-15-33(16-14-26)21(2)35)29(23-6-4-7-23)32-18-22-9-11-25(30)12-10-22/h3,8-12,17,19-20,26,32,34H,4-7,13-16,18H2,1-2H3/b8-3+. The highest BCUT2D eigenvalue weighted by Gasteiger charge is 2.24. The summed E-state index contributed by atoms with van der Waals surface area (Å²) < 4.78 is 6.51. The second kappa shape index (κ2) is 12.4. The van der Waals surface area contributed by atoms with Crippen LogP contribution in [-0.2, 0) is 11.3 Å². The summed E-state index contributed by atoms with van der Waals surface area (Å²) in [6.07, 6.45) is 10.9. The van der Waals surface area contributed by atoms with Crippen LogP contribution in [0.3, 0.4) is 0 Å². The van der Waals surface area contributed by atoms with Crippen molar-refractivity contribution in [2.75, 3.05) is 13.1 Å². The average molecular weight is 510 g/mol. The SMILES string of the molecule is CC(=O)N1CCC(Oc2cc(C(NCc3ccc(Cl)cc3)=C3CCC3)ncc2/C=C/CC(C)O)CC1. The molecule has 1 saturated heterocycles. The number of nitrogens with zero attached hydrogens (tertiary/aromatic N) is 2. The van der Waals surface area contributed by atoms with Crippen molar-refractivity contribution in [1.29, 1.82) is 0 Å². The Labute approximate surface area is 219 Å².